The third kappa shape index (κ3) is 11.6. The van der Waals surface area contributed by atoms with E-state index < -0.39 is 0 Å². The highest BCUT2D eigenvalue weighted by Gasteiger charge is 2.20. The number of rotatable bonds is 12. The smallest absolute Gasteiger partial charge is 0.0593 e. The number of nitrogens with two attached hydrogens (primary N) is 1. The fourth-order valence-corrected chi connectivity index (χ4v) is 2.42. The molecule has 0 heterocycles. The van der Waals surface area contributed by atoms with Crippen LogP contribution in [0.25, 0.3) is 0 Å². The number of nitrogens with zero attached hydrogens (tertiary/aromatic N) is 1. The average Bonchev–Trinajstić information content (AvgIpc) is 2.36. The van der Waals surface area contributed by atoms with Gasteiger partial charge in [0.25, 0.3) is 0 Å². The Morgan fingerprint density at radius 3 is 1.85 bits per heavy atom. The molecule has 0 aliphatic rings. The van der Waals surface area contributed by atoms with Gasteiger partial charge in [0.2, 0.25) is 0 Å². The summed E-state index contributed by atoms with van der Waals surface area (Å²) in [6.45, 7) is 17.7. The van der Waals surface area contributed by atoms with Gasteiger partial charge in [0.15, 0.2) is 0 Å². The van der Waals surface area contributed by atoms with Crippen LogP contribution in [-0.4, -0.2) is 57.5 Å². The van der Waals surface area contributed by atoms with Crippen LogP contribution in [-0.2, 0) is 9.47 Å². The largest absolute Gasteiger partial charge is 0.380 e. The van der Waals surface area contributed by atoms with Crippen LogP contribution >= 0.6 is 0 Å². The van der Waals surface area contributed by atoms with Crippen LogP contribution in [0.15, 0.2) is 0 Å². The summed E-state index contributed by atoms with van der Waals surface area (Å²) < 4.78 is 10.9. The Balaban J connectivity index is 4.26. The van der Waals surface area contributed by atoms with E-state index >= 15 is 0 Å². The molecule has 0 aromatic rings. The Labute approximate surface area is 126 Å². The molecule has 4 heteroatoms. The summed E-state index contributed by atoms with van der Waals surface area (Å²) in [5.41, 5.74) is 6.28. The lowest BCUT2D eigenvalue weighted by molar-refractivity contribution is 0.0724. The van der Waals surface area contributed by atoms with E-state index in [0.29, 0.717) is 11.3 Å². The van der Waals surface area contributed by atoms with E-state index in [4.69, 9.17) is 15.2 Å². The van der Waals surface area contributed by atoms with Crippen LogP contribution in [0.4, 0.5) is 0 Å². The second-order valence-corrected chi connectivity index (χ2v) is 6.56. The molecule has 1 unspecified atom stereocenters. The van der Waals surface area contributed by atoms with Crippen LogP contribution in [0.3, 0.4) is 0 Å². The topological polar surface area (TPSA) is 47.7 Å². The molecule has 122 valence electrons. The van der Waals surface area contributed by atoms with Crippen molar-refractivity contribution in [1.29, 1.82) is 0 Å². The Hall–Kier alpha value is -0.160. The predicted octanol–water partition coefficient (Wildman–Crippen LogP) is 2.37. The molecule has 0 spiro atoms. The molecule has 0 bridgehead atoms. The maximum absolute atomic E-state index is 5.95. The Morgan fingerprint density at radius 2 is 1.50 bits per heavy atom. The van der Waals surface area contributed by atoms with Gasteiger partial charge in [0.1, 0.15) is 0 Å². The maximum atomic E-state index is 5.95. The first-order valence-electron chi connectivity index (χ1n) is 8.00. The lowest BCUT2D eigenvalue weighted by Crippen LogP contribution is -2.38. The summed E-state index contributed by atoms with van der Waals surface area (Å²) in [5.74, 6) is 0.540. The summed E-state index contributed by atoms with van der Waals surface area (Å²) >= 11 is 0. The van der Waals surface area contributed by atoms with Gasteiger partial charge in [-0.05, 0) is 38.1 Å². The lowest BCUT2D eigenvalue weighted by Gasteiger charge is -2.30. The molecule has 0 fully saturated rings. The SMILES string of the molecule is CCOCCN(CCOCC)CC(CN)CC(C)(C)C. The van der Waals surface area contributed by atoms with Gasteiger partial charge < -0.3 is 15.2 Å². The van der Waals surface area contributed by atoms with Gasteiger partial charge in [-0.15, -0.1) is 0 Å². The van der Waals surface area contributed by atoms with Gasteiger partial charge in [-0.2, -0.15) is 0 Å². The van der Waals surface area contributed by atoms with Gasteiger partial charge in [-0.25, -0.2) is 0 Å². The first kappa shape index (κ1) is 19.8. The standard InChI is InChI=1S/C16H36N2O2/c1-6-19-10-8-18(9-11-20-7-2)14-15(13-17)12-16(3,4)5/h15H,6-14,17H2,1-5H3. The highest BCUT2D eigenvalue weighted by atomic mass is 16.5. The molecular weight excluding hydrogens is 252 g/mol. The highest BCUT2D eigenvalue weighted by Crippen LogP contribution is 2.24. The van der Waals surface area contributed by atoms with Crippen molar-refractivity contribution in [3.8, 4) is 0 Å². The molecule has 0 aromatic heterocycles. The third-order valence-electron chi connectivity index (χ3n) is 3.26. The van der Waals surface area contributed by atoms with E-state index in [9.17, 15) is 0 Å². The van der Waals surface area contributed by atoms with Gasteiger partial charge >= 0.3 is 0 Å². The Morgan fingerprint density at radius 1 is 1.00 bits per heavy atom. The molecule has 0 amide bonds. The molecule has 20 heavy (non-hydrogen) atoms. The lowest BCUT2D eigenvalue weighted by atomic mass is 9.84. The Bertz CT molecular complexity index is 207. The summed E-state index contributed by atoms with van der Waals surface area (Å²) in [7, 11) is 0. The van der Waals surface area contributed by atoms with Crippen molar-refractivity contribution < 1.29 is 9.47 Å². The van der Waals surface area contributed by atoms with Crippen LogP contribution in [0.2, 0.25) is 0 Å². The van der Waals surface area contributed by atoms with Crippen LogP contribution in [0.5, 0.6) is 0 Å². The minimum Gasteiger partial charge on any atom is -0.380 e. The normalized spacial score (nSPS) is 13.9. The summed E-state index contributed by atoms with van der Waals surface area (Å²) in [4.78, 5) is 2.43. The molecule has 0 saturated heterocycles. The molecule has 0 aliphatic heterocycles. The van der Waals surface area contributed by atoms with E-state index in [1.807, 2.05) is 13.8 Å². The number of ether oxygens (including phenoxy) is 2. The zero-order valence-electron chi connectivity index (χ0n) is 14.3. The summed E-state index contributed by atoms with van der Waals surface area (Å²) in [6, 6.07) is 0. The molecule has 0 aromatic carbocycles. The number of hydrogen-bond acceptors (Lipinski definition) is 4. The van der Waals surface area contributed by atoms with E-state index in [1.54, 1.807) is 0 Å². The highest BCUT2D eigenvalue weighted by molar-refractivity contribution is 4.73. The molecule has 2 N–H and O–H groups in total. The molecule has 0 aliphatic carbocycles. The minimum atomic E-state index is 0.329. The summed E-state index contributed by atoms with van der Waals surface area (Å²) in [5, 5.41) is 0. The van der Waals surface area contributed by atoms with Gasteiger partial charge in [0, 0.05) is 32.8 Å². The molecule has 4 nitrogen and oxygen atoms in total. The van der Waals surface area contributed by atoms with E-state index in [-0.39, 0.29) is 0 Å². The molecule has 0 saturated carbocycles. The van der Waals surface area contributed by atoms with Crippen molar-refractivity contribution >= 4 is 0 Å². The van der Waals surface area contributed by atoms with Gasteiger partial charge in [-0.3, -0.25) is 4.90 Å². The molecule has 0 radical (unpaired) electrons. The zero-order valence-corrected chi connectivity index (χ0v) is 14.3. The van der Waals surface area contributed by atoms with Crippen molar-refractivity contribution in [3.63, 3.8) is 0 Å². The van der Waals surface area contributed by atoms with E-state index in [1.165, 1.54) is 0 Å². The average molecular weight is 288 g/mol. The second-order valence-electron chi connectivity index (χ2n) is 6.56. The van der Waals surface area contributed by atoms with Gasteiger partial charge in [-0.1, -0.05) is 20.8 Å². The van der Waals surface area contributed by atoms with Crippen molar-refractivity contribution in [3.05, 3.63) is 0 Å². The van der Waals surface area contributed by atoms with Crippen molar-refractivity contribution in [2.24, 2.45) is 17.1 Å². The fraction of sp³-hybridized carbons (Fsp3) is 1.00. The van der Waals surface area contributed by atoms with Crippen molar-refractivity contribution in [2.45, 2.75) is 41.0 Å². The second kappa shape index (κ2) is 11.5. The molecular formula is C16H36N2O2. The van der Waals surface area contributed by atoms with E-state index in [0.717, 1.165) is 59.0 Å². The molecule has 0 rings (SSSR count). The van der Waals surface area contributed by atoms with Gasteiger partial charge in [0.05, 0.1) is 13.2 Å². The van der Waals surface area contributed by atoms with Crippen LogP contribution in [0, 0.1) is 11.3 Å². The number of hydrogen-bond donors (Lipinski definition) is 1. The first-order valence-corrected chi connectivity index (χ1v) is 8.00. The minimum absolute atomic E-state index is 0.329. The van der Waals surface area contributed by atoms with E-state index in [2.05, 4.69) is 25.7 Å². The Kier molecular flexibility index (Phi) is 11.4. The first-order chi connectivity index (χ1) is 9.42. The fourth-order valence-electron chi connectivity index (χ4n) is 2.42. The summed E-state index contributed by atoms with van der Waals surface area (Å²) in [6.07, 6.45) is 1.16. The van der Waals surface area contributed by atoms with Crippen molar-refractivity contribution in [1.82, 2.24) is 4.90 Å². The van der Waals surface area contributed by atoms with Crippen molar-refractivity contribution in [2.75, 3.05) is 52.6 Å². The monoisotopic (exact) mass is 288 g/mol. The van der Waals surface area contributed by atoms with Crippen LogP contribution in [0.1, 0.15) is 41.0 Å². The predicted molar refractivity (Wildman–Crippen MR) is 86.0 cm³/mol. The quantitative estimate of drug-likeness (QED) is 0.560. The zero-order chi connectivity index (χ0) is 15.4. The maximum Gasteiger partial charge on any atom is 0.0593 e. The third-order valence-corrected chi connectivity index (χ3v) is 3.26. The molecule has 1 atom stereocenters. The van der Waals surface area contributed by atoms with Crippen LogP contribution < -0.4 is 5.73 Å².